The number of nitrogens with two attached hydrogens (primary N) is 1. The first kappa shape index (κ1) is 13.9. The van der Waals surface area contributed by atoms with E-state index >= 15 is 0 Å². The van der Waals surface area contributed by atoms with Gasteiger partial charge in [0.05, 0.1) is 10.2 Å². The lowest BCUT2D eigenvalue weighted by Gasteiger charge is -1.97. The molecule has 1 aromatic heterocycles. The predicted octanol–water partition coefficient (Wildman–Crippen LogP) is 1.09. The molecule has 0 fully saturated rings. The minimum atomic E-state index is -4.68. The molecule has 0 radical (unpaired) electrons. The fourth-order valence-electron chi connectivity index (χ4n) is 1.38. The van der Waals surface area contributed by atoms with Gasteiger partial charge in [0.1, 0.15) is 4.90 Å². The number of nitrogens with zero attached hydrogens (tertiary/aromatic N) is 2. The molecule has 0 aliphatic heterocycles. The molecule has 0 aliphatic carbocycles. The zero-order valence-electron chi connectivity index (χ0n) is 8.62. The number of thiazole rings is 1. The Morgan fingerprint density at radius 3 is 2.65 bits per heavy atom. The lowest BCUT2D eigenvalue weighted by molar-refractivity contribution is 0.552. The molecular weight excluding hydrogens is 289 g/mol. The molecule has 0 bridgehead atoms. The minimum absolute atomic E-state index is 0. The largest absolute Gasteiger partial charge is 0.332 e. The van der Waals surface area contributed by atoms with Gasteiger partial charge in [-0.1, -0.05) is 11.3 Å². The summed E-state index contributed by atoms with van der Waals surface area (Å²) in [6.07, 6.45) is 0. The van der Waals surface area contributed by atoms with Crippen LogP contribution in [0.25, 0.3) is 10.2 Å². The molecule has 5 nitrogen and oxygen atoms in total. The molecule has 2 rings (SSSR count). The summed E-state index contributed by atoms with van der Waals surface area (Å²) in [7, 11) is -3.00. The first-order chi connectivity index (χ1) is 7.43. The van der Waals surface area contributed by atoms with Crippen LogP contribution in [0.2, 0.25) is 0 Å². The van der Waals surface area contributed by atoms with Crippen LogP contribution in [-0.4, -0.2) is 13.0 Å². The highest BCUT2D eigenvalue weighted by molar-refractivity contribution is 7.86. The second-order valence-corrected chi connectivity index (χ2v) is 5.50. The van der Waals surface area contributed by atoms with Crippen molar-refractivity contribution in [3.05, 3.63) is 23.0 Å². The minimum Gasteiger partial charge on any atom is -0.320 e. The molecule has 0 aliphatic rings. The van der Waals surface area contributed by atoms with Crippen molar-refractivity contribution in [2.75, 3.05) is 0 Å². The van der Waals surface area contributed by atoms with Gasteiger partial charge in [-0.2, -0.15) is 13.5 Å². The summed E-state index contributed by atoms with van der Waals surface area (Å²) >= 11 is 1.30. The summed E-state index contributed by atoms with van der Waals surface area (Å²) in [5.41, 5.74) is 0.577. The Bertz CT molecular complexity index is 720. The summed E-state index contributed by atoms with van der Waals surface area (Å²) in [5.74, 6) is 5.16. The highest BCUT2D eigenvalue weighted by atomic mass is 35.5. The fraction of sp³-hybridized carbons (Fsp3) is 0.125. The molecule has 0 unspecified atom stereocenters. The summed E-state index contributed by atoms with van der Waals surface area (Å²) < 4.78 is 36.7. The van der Waals surface area contributed by atoms with E-state index in [9.17, 15) is 12.3 Å². The molecule has 2 N–H and O–H groups in total. The summed E-state index contributed by atoms with van der Waals surface area (Å²) in [5, 5.41) is 3.54. The Morgan fingerprint density at radius 1 is 1.47 bits per heavy atom. The predicted molar refractivity (Wildman–Crippen MR) is 66.1 cm³/mol. The molecule has 9 heteroatoms. The maximum Gasteiger partial charge on any atom is 0.332 e. The number of halogens is 2. The number of rotatable bonds is 1. The van der Waals surface area contributed by atoms with Crippen molar-refractivity contribution in [1.29, 1.82) is 0 Å². The molecule has 0 amide bonds. The third kappa shape index (κ3) is 2.43. The van der Waals surface area contributed by atoms with Crippen LogP contribution in [0.5, 0.6) is 0 Å². The van der Waals surface area contributed by atoms with Gasteiger partial charge in [-0.25, -0.2) is 0 Å². The van der Waals surface area contributed by atoms with Crippen LogP contribution in [0.15, 0.2) is 28.2 Å². The van der Waals surface area contributed by atoms with Gasteiger partial charge in [0.15, 0.2) is 0 Å². The van der Waals surface area contributed by atoms with Crippen molar-refractivity contribution < 1.29 is 12.3 Å². The molecule has 0 saturated carbocycles. The fourth-order valence-corrected chi connectivity index (χ4v) is 2.78. The van der Waals surface area contributed by atoms with Crippen LogP contribution in [-0.2, 0) is 17.3 Å². The van der Waals surface area contributed by atoms with Gasteiger partial charge < -0.3 is 10.4 Å². The van der Waals surface area contributed by atoms with Crippen LogP contribution in [0, 0.1) is 0 Å². The van der Waals surface area contributed by atoms with E-state index in [4.69, 9.17) is 5.84 Å². The van der Waals surface area contributed by atoms with Crippen molar-refractivity contribution in [2.45, 2.75) is 4.90 Å². The molecule has 17 heavy (non-hydrogen) atoms. The molecule has 0 spiro atoms. The first-order valence-corrected chi connectivity index (χ1v) is 6.41. The molecule has 94 valence electrons. The van der Waals surface area contributed by atoms with Crippen LogP contribution in [0.4, 0.5) is 3.89 Å². The van der Waals surface area contributed by atoms with Crippen LogP contribution < -0.4 is 10.6 Å². The van der Waals surface area contributed by atoms with Crippen molar-refractivity contribution in [3.8, 4) is 0 Å². The number of fused-ring (bicyclic) bond motifs is 1. The van der Waals surface area contributed by atoms with Crippen LogP contribution in [0.1, 0.15) is 0 Å². The molecular formula is C8H9ClFN3O2S2. The smallest absolute Gasteiger partial charge is 0.320 e. The number of hydrogen-bond donors (Lipinski definition) is 1. The Morgan fingerprint density at radius 2 is 2.12 bits per heavy atom. The Hall–Kier alpha value is -1.12. The highest BCUT2D eigenvalue weighted by Gasteiger charge is 2.13. The number of aryl methyl sites for hydroxylation is 1. The van der Waals surface area contributed by atoms with Crippen LogP contribution >= 0.6 is 23.7 Å². The first-order valence-electron chi connectivity index (χ1n) is 4.21. The van der Waals surface area contributed by atoms with Crippen LogP contribution in [0.3, 0.4) is 0 Å². The third-order valence-corrected chi connectivity index (χ3v) is 4.12. The second kappa shape index (κ2) is 4.63. The maximum atomic E-state index is 12.8. The average Bonchev–Trinajstić information content (AvgIpc) is 2.54. The van der Waals surface area contributed by atoms with E-state index in [1.807, 2.05) is 0 Å². The van der Waals surface area contributed by atoms with Gasteiger partial charge in [0.25, 0.3) is 0 Å². The number of aromatic nitrogens is 1. The normalized spacial score (nSPS) is 12.7. The maximum absolute atomic E-state index is 12.8. The van der Waals surface area contributed by atoms with Gasteiger partial charge in [-0.3, -0.25) is 0 Å². The SMILES string of the molecule is Cl.Cn1c(=NN)sc2ccc(S(=O)(=O)F)cc21. The van der Waals surface area contributed by atoms with E-state index < -0.39 is 10.2 Å². The average molecular weight is 298 g/mol. The van der Waals surface area contributed by atoms with Gasteiger partial charge in [-0.05, 0) is 18.2 Å². The van der Waals surface area contributed by atoms with Crippen molar-refractivity contribution in [1.82, 2.24) is 4.57 Å². The monoisotopic (exact) mass is 297 g/mol. The van der Waals surface area contributed by atoms with Gasteiger partial charge in [0, 0.05) is 7.05 Å². The van der Waals surface area contributed by atoms with Crippen molar-refractivity contribution in [2.24, 2.45) is 18.0 Å². The Balaban J connectivity index is 0.00000144. The lowest BCUT2D eigenvalue weighted by atomic mass is 10.3. The highest BCUT2D eigenvalue weighted by Crippen LogP contribution is 2.21. The van der Waals surface area contributed by atoms with E-state index in [0.29, 0.717) is 10.3 Å². The summed E-state index contributed by atoms with van der Waals surface area (Å²) in [6.45, 7) is 0. The van der Waals surface area contributed by atoms with E-state index in [1.54, 1.807) is 11.6 Å². The topological polar surface area (TPSA) is 77.5 Å². The van der Waals surface area contributed by atoms with Gasteiger partial charge in [-0.15, -0.1) is 16.3 Å². The Kier molecular flexibility index (Phi) is 3.80. The standard InChI is InChI=1S/C8H8FN3O2S2.ClH/c1-12-6-4-5(16(9,13)14)2-3-7(6)15-8(12)11-10;/h2-4H,10H2,1H3;1H. The molecule has 1 heterocycles. The summed E-state index contributed by atoms with van der Waals surface area (Å²) in [4.78, 5) is 0.167. The summed E-state index contributed by atoms with van der Waals surface area (Å²) in [6, 6.07) is 4.01. The Labute approximate surface area is 107 Å². The molecule has 0 atom stereocenters. The van der Waals surface area contributed by atoms with Crippen molar-refractivity contribution >= 4 is 44.2 Å². The van der Waals surface area contributed by atoms with E-state index in [-0.39, 0.29) is 17.3 Å². The lowest BCUT2D eigenvalue weighted by Crippen LogP contribution is -2.12. The van der Waals surface area contributed by atoms with Gasteiger partial charge in [0.2, 0.25) is 4.80 Å². The zero-order valence-corrected chi connectivity index (χ0v) is 11.1. The molecule has 0 saturated heterocycles. The second-order valence-electron chi connectivity index (χ2n) is 3.14. The molecule has 1 aromatic carbocycles. The van der Waals surface area contributed by atoms with Crippen molar-refractivity contribution in [3.63, 3.8) is 0 Å². The third-order valence-electron chi connectivity index (χ3n) is 2.17. The number of hydrogen-bond acceptors (Lipinski definition) is 5. The van der Waals surface area contributed by atoms with Gasteiger partial charge >= 0.3 is 10.2 Å². The zero-order chi connectivity index (χ0) is 11.9. The van der Waals surface area contributed by atoms with E-state index in [2.05, 4.69) is 5.10 Å². The molecule has 2 aromatic rings. The van der Waals surface area contributed by atoms with E-state index in [1.165, 1.54) is 29.5 Å². The number of benzene rings is 1. The quantitative estimate of drug-likeness (QED) is 0.486. The van der Waals surface area contributed by atoms with E-state index in [0.717, 1.165) is 4.70 Å².